The van der Waals surface area contributed by atoms with E-state index in [2.05, 4.69) is 27.0 Å². The number of anilines is 1. The second-order valence-electron chi connectivity index (χ2n) is 10.5. The number of amides is 1. The number of nitrogens with zero attached hydrogens (tertiary/aromatic N) is 2. The Morgan fingerprint density at radius 3 is 2.56 bits per heavy atom. The number of aliphatic hydroxyl groups is 1. The molecule has 2 aromatic carbocycles. The number of carbonyl (C=O) groups excluding carboxylic acids is 1. The van der Waals surface area contributed by atoms with Gasteiger partial charge in [0, 0.05) is 29.1 Å². The lowest BCUT2D eigenvalue weighted by atomic mass is 9.82. The maximum Gasteiger partial charge on any atom is 0.416 e. The Hall–Kier alpha value is -3.48. The van der Waals surface area contributed by atoms with Crippen LogP contribution in [0.1, 0.15) is 49.7 Å². The highest BCUT2D eigenvalue weighted by molar-refractivity contribution is 6.01. The summed E-state index contributed by atoms with van der Waals surface area (Å²) in [5.41, 5.74) is -3.38. The second-order valence-corrected chi connectivity index (χ2v) is 10.5. The number of likely N-dealkylation sites (tertiary alicyclic amines) is 1. The van der Waals surface area contributed by atoms with Crippen molar-refractivity contribution in [3.63, 3.8) is 0 Å². The van der Waals surface area contributed by atoms with Gasteiger partial charge in [0.2, 0.25) is 5.60 Å². The summed E-state index contributed by atoms with van der Waals surface area (Å²) in [7, 11) is 0. The summed E-state index contributed by atoms with van der Waals surface area (Å²) in [6.45, 7) is 2.08. The maximum absolute atomic E-state index is 14.9. The predicted octanol–water partition coefficient (Wildman–Crippen LogP) is 5.67. The Morgan fingerprint density at radius 2 is 1.85 bits per heavy atom. The van der Waals surface area contributed by atoms with Gasteiger partial charge in [-0.2, -0.15) is 13.2 Å². The number of hydrogen-bond acceptors (Lipinski definition) is 4. The first-order valence-electron chi connectivity index (χ1n) is 13.1. The smallest absolute Gasteiger partial charge is 0.369 e. The first-order chi connectivity index (χ1) is 18.6. The largest absolute Gasteiger partial charge is 0.416 e. The van der Waals surface area contributed by atoms with E-state index in [0.717, 1.165) is 55.4 Å². The number of alkyl halides is 3. The van der Waals surface area contributed by atoms with E-state index in [1.807, 2.05) is 6.07 Å². The van der Waals surface area contributed by atoms with Gasteiger partial charge < -0.3 is 10.4 Å². The minimum absolute atomic E-state index is 0.154. The van der Waals surface area contributed by atoms with E-state index in [1.54, 1.807) is 30.5 Å². The first kappa shape index (κ1) is 27.1. The van der Waals surface area contributed by atoms with Crippen LogP contribution in [0, 0.1) is 17.7 Å². The number of hydrogen-bond donors (Lipinski definition) is 2. The molecule has 2 fully saturated rings. The quantitative estimate of drug-likeness (QED) is 0.313. The van der Waals surface area contributed by atoms with Crippen molar-refractivity contribution in [1.82, 2.24) is 9.88 Å². The van der Waals surface area contributed by atoms with Gasteiger partial charge in [-0.05, 0) is 86.8 Å². The van der Waals surface area contributed by atoms with Crippen LogP contribution in [-0.4, -0.2) is 46.1 Å². The molecule has 1 amide bonds. The van der Waals surface area contributed by atoms with Crippen molar-refractivity contribution in [2.24, 2.45) is 0 Å². The standard InChI is InChI=1S/C30H29F4N3O2/c31-25-9-7-22(30(32,33)34)19-24(25)28(12-13-28)20-29(39,11-5-17-37-15-2-1-3-16-37)27(38)36-23-8-10-26-21(18-23)6-4-14-35-26/h4,6-10,14,18-19,39H,1-3,12-13,15-17,20H2,(H,36,38). The molecule has 0 bridgehead atoms. The molecule has 0 spiro atoms. The number of halogens is 4. The summed E-state index contributed by atoms with van der Waals surface area (Å²) in [6.07, 6.45) is 0.564. The van der Waals surface area contributed by atoms with Crippen molar-refractivity contribution < 1.29 is 27.5 Å². The van der Waals surface area contributed by atoms with E-state index in [0.29, 0.717) is 31.1 Å². The van der Waals surface area contributed by atoms with Crippen LogP contribution in [0.2, 0.25) is 0 Å². The monoisotopic (exact) mass is 539 g/mol. The average molecular weight is 540 g/mol. The molecule has 2 N–H and O–H groups in total. The van der Waals surface area contributed by atoms with Crippen LogP contribution in [0.15, 0.2) is 54.7 Å². The van der Waals surface area contributed by atoms with Gasteiger partial charge >= 0.3 is 6.18 Å². The molecule has 1 saturated carbocycles. The van der Waals surface area contributed by atoms with Crippen molar-refractivity contribution in [2.45, 2.75) is 55.7 Å². The molecule has 5 rings (SSSR count). The third-order valence-corrected chi connectivity index (χ3v) is 7.60. The summed E-state index contributed by atoms with van der Waals surface area (Å²) in [5, 5.41) is 15.2. The van der Waals surface area contributed by atoms with E-state index in [-0.39, 0.29) is 12.0 Å². The van der Waals surface area contributed by atoms with Crippen molar-refractivity contribution >= 4 is 22.5 Å². The summed E-state index contributed by atoms with van der Waals surface area (Å²) in [6, 6.07) is 11.0. The molecule has 39 heavy (non-hydrogen) atoms. The van der Waals surface area contributed by atoms with Gasteiger partial charge in [0.1, 0.15) is 5.82 Å². The zero-order valence-electron chi connectivity index (χ0n) is 21.3. The van der Waals surface area contributed by atoms with E-state index >= 15 is 0 Å². The Morgan fingerprint density at radius 1 is 1.08 bits per heavy atom. The van der Waals surface area contributed by atoms with Gasteiger partial charge in [0.15, 0.2) is 0 Å². The number of benzene rings is 2. The number of nitrogens with one attached hydrogen (secondary N) is 1. The molecule has 2 heterocycles. The van der Waals surface area contributed by atoms with Gasteiger partial charge in [-0.3, -0.25) is 14.7 Å². The minimum atomic E-state index is -4.65. The molecule has 1 atom stereocenters. The highest BCUT2D eigenvalue weighted by atomic mass is 19.4. The van der Waals surface area contributed by atoms with Crippen molar-refractivity contribution in [1.29, 1.82) is 0 Å². The van der Waals surface area contributed by atoms with Crippen LogP contribution in [0.5, 0.6) is 0 Å². The molecule has 1 aromatic heterocycles. The summed E-state index contributed by atoms with van der Waals surface area (Å²) >= 11 is 0. The first-order valence-corrected chi connectivity index (χ1v) is 13.1. The van der Waals surface area contributed by atoms with Gasteiger partial charge in [-0.25, -0.2) is 4.39 Å². The normalized spacial score (nSPS) is 18.6. The Balaban J connectivity index is 1.45. The molecule has 1 aliphatic carbocycles. The summed E-state index contributed by atoms with van der Waals surface area (Å²) < 4.78 is 55.1. The Kier molecular flexibility index (Phi) is 7.36. The fourth-order valence-corrected chi connectivity index (χ4v) is 5.27. The van der Waals surface area contributed by atoms with E-state index in [1.165, 1.54) is 0 Å². The van der Waals surface area contributed by atoms with Crippen LogP contribution >= 0.6 is 0 Å². The van der Waals surface area contributed by atoms with Gasteiger partial charge in [-0.1, -0.05) is 24.3 Å². The summed E-state index contributed by atoms with van der Waals surface area (Å²) in [4.78, 5) is 19.9. The maximum atomic E-state index is 14.9. The molecule has 1 aliphatic heterocycles. The molecule has 1 saturated heterocycles. The Bertz CT molecular complexity index is 1440. The number of carbonyl (C=O) groups is 1. The molecule has 1 unspecified atom stereocenters. The topological polar surface area (TPSA) is 65.5 Å². The van der Waals surface area contributed by atoms with Crippen LogP contribution in [0.4, 0.5) is 23.2 Å². The van der Waals surface area contributed by atoms with Crippen molar-refractivity contribution in [2.75, 3.05) is 25.0 Å². The molecular weight excluding hydrogens is 510 g/mol. The fraction of sp³-hybridized carbons (Fsp3) is 0.400. The van der Waals surface area contributed by atoms with Crippen LogP contribution in [0.25, 0.3) is 10.9 Å². The summed E-state index contributed by atoms with van der Waals surface area (Å²) in [5.74, 6) is 4.04. The van der Waals surface area contributed by atoms with Crippen LogP contribution < -0.4 is 5.32 Å². The predicted molar refractivity (Wildman–Crippen MR) is 140 cm³/mol. The highest BCUT2D eigenvalue weighted by Crippen LogP contribution is 2.55. The van der Waals surface area contributed by atoms with Gasteiger partial charge in [0.25, 0.3) is 5.91 Å². The third-order valence-electron chi connectivity index (χ3n) is 7.60. The van der Waals surface area contributed by atoms with E-state index in [4.69, 9.17) is 0 Å². The zero-order valence-corrected chi connectivity index (χ0v) is 21.3. The zero-order chi connectivity index (χ0) is 27.7. The van der Waals surface area contributed by atoms with Gasteiger partial charge in [-0.15, -0.1) is 0 Å². The third kappa shape index (κ3) is 6.07. The molecule has 3 aromatic rings. The number of pyridine rings is 1. The molecule has 9 heteroatoms. The molecule has 2 aliphatic rings. The highest BCUT2D eigenvalue weighted by Gasteiger charge is 2.53. The second kappa shape index (κ2) is 10.6. The van der Waals surface area contributed by atoms with E-state index < -0.39 is 34.5 Å². The number of rotatable bonds is 6. The molecule has 204 valence electrons. The number of aromatic nitrogens is 1. The van der Waals surface area contributed by atoms with E-state index in [9.17, 15) is 27.5 Å². The van der Waals surface area contributed by atoms with Crippen LogP contribution in [-0.2, 0) is 16.4 Å². The van der Waals surface area contributed by atoms with Gasteiger partial charge in [0.05, 0.1) is 17.6 Å². The number of piperidine rings is 1. The number of fused-ring (bicyclic) bond motifs is 1. The fourth-order valence-electron chi connectivity index (χ4n) is 5.27. The van der Waals surface area contributed by atoms with Crippen LogP contribution in [0.3, 0.4) is 0 Å². The Labute approximate surface area is 224 Å². The molecule has 5 nitrogen and oxygen atoms in total. The average Bonchev–Trinajstić information content (AvgIpc) is 3.68. The SMILES string of the molecule is O=C(Nc1ccc2ncccc2c1)C(O)(C#CCN1CCCCC1)CC1(c2cc(C(F)(F)F)ccc2F)CC1. The molecular formula is C30H29F4N3O2. The molecule has 0 radical (unpaired) electrons. The lowest BCUT2D eigenvalue weighted by Gasteiger charge is -2.28. The lowest BCUT2D eigenvalue weighted by molar-refractivity contribution is -0.137. The minimum Gasteiger partial charge on any atom is -0.369 e. The van der Waals surface area contributed by atoms with Crippen molar-refractivity contribution in [3.8, 4) is 11.8 Å². The van der Waals surface area contributed by atoms with Crippen molar-refractivity contribution in [3.05, 3.63) is 71.7 Å². The lowest BCUT2D eigenvalue weighted by Crippen LogP contribution is -2.45.